The van der Waals surface area contributed by atoms with Gasteiger partial charge in [-0.25, -0.2) is 8.42 Å². The fourth-order valence-electron chi connectivity index (χ4n) is 2.25. The third kappa shape index (κ3) is 3.79. The molecule has 0 aliphatic heterocycles. The monoisotopic (exact) mass is 357 g/mol. The first-order valence-corrected chi connectivity index (χ1v) is 8.69. The van der Waals surface area contributed by atoms with E-state index in [9.17, 15) is 21.6 Å². The van der Waals surface area contributed by atoms with E-state index in [-0.39, 0.29) is 4.90 Å². The lowest BCUT2D eigenvalue weighted by atomic mass is 10.1. The number of nitrogens with zero attached hydrogens (tertiary/aromatic N) is 1. The maximum Gasteiger partial charge on any atom is 0.416 e. The van der Waals surface area contributed by atoms with Crippen LogP contribution in [0.15, 0.2) is 53.4 Å². The van der Waals surface area contributed by atoms with Crippen molar-refractivity contribution >= 4 is 10.0 Å². The summed E-state index contributed by atoms with van der Waals surface area (Å²) in [5, 5.41) is 0. The molecule has 2 aromatic rings. The maximum atomic E-state index is 12.6. The summed E-state index contributed by atoms with van der Waals surface area (Å²) in [5.74, 6) is 0. The van der Waals surface area contributed by atoms with Crippen LogP contribution in [0.3, 0.4) is 0 Å². The molecule has 1 unspecified atom stereocenters. The summed E-state index contributed by atoms with van der Waals surface area (Å²) in [6.07, 6.45) is -4.42. The standard InChI is InChI=1S/C17H18F3NO2S/c1-12-4-10-16(11-5-12)24(22,23)21(3)13(2)14-6-8-15(9-7-14)17(18,19)20/h4-11,13H,1-3H3. The molecular formula is C17H18F3NO2S. The van der Waals surface area contributed by atoms with Crippen molar-refractivity contribution in [2.24, 2.45) is 0 Å². The summed E-state index contributed by atoms with van der Waals surface area (Å²) in [7, 11) is -2.32. The lowest BCUT2D eigenvalue weighted by Gasteiger charge is -2.25. The Labute approximate surface area is 139 Å². The molecule has 7 heteroatoms. The van der Waals surface area contributed by atoms with Crippen molar-refractivity contribution in [2.75, 3.05) is 7.05 Å². The Kier molecular flexibility index (Phi) is 5.05. The van der Waals surface area contributed by atoms with Crippen molar-refractivity contribution in [3.05, 3.63) is 65.2 Å². The molecular weight excluding hydrogens is 339 g/mol. The summed E-state index contributed by atoms with van der Waals surface area (Å²) in [6, 6.07) is 10.3. The molecule has 2 aromatic carbocycles. The molecule has 1 atom stereocenters. The third-order valence-electron chi connectivity index (χ3n) is 3.96. The van der Waals surface area contributed by atoms with Gasteiger partial charge in [0.25, 0.3) is 0 Å². The number of hydrogen-bond acceptors (Lipinski definition) is 2. The SMILES string of the molecule is Cc1ccc(S(=O)(=O)N(C)C(C)c2ccc(C(F)(F)F)cc2)cc1. The zero-order valence-corrected chi connectivity index (χ0v) is 14.3. The van der Waals surface area contributed by atoms with Gasteiger partial charge in [-0.2, -0.15) is 17.5 Å². The third-order valence-corrected chi connectivity index (χ3v) is 5.91. The quantitative estimate of drug-likeness (QED) is 0.814. The van der Waals surface area contributed by atoms with Crippen molar-refractivity contribution in [3.63, 3.8) is 0 Å². The van der Waals surface area contributed by atoms with Crippen LogP contribution in [0.2, 0.25) is 0 Å². The highest BCUT2D eigenvalue weighted by Crippen LogP contribution is 2.31. The molecule has 24 heavy (non-hydrogen) atoms. The largest absolute Gasteiger partial charge is 0.416 e. The van der Waals surface area contributed by atoms with Crippen molar-refractivity contribution in [1.29, 1.82) is 0 Å². The Morgan fingerprint density at radius 2 is 1.46 bits per heavy atom. The van der Waals surface area contributed by atoms with Gasteiger partial charge in [0.05, 0.1) is 10.5 Å². The maximum absolute atomic E-state index is 12.6. The highest BCUT2D eigenvalue weighted by atomic mass is 32.2. The lowest BCUT2D eigenvalue weighted by molar-refractivity contribution is -0.137. The van der Waals surface area contributed by atoms with E-state index in [4.69, 9.17) is 0 Å². The summed E-state index contributed by atoms with van der Waals surface area (Å²) in [4.78, 5) is 0.148. The number of aryl methyl sites for hydroxylation is 1. The van der Waals surface area contributed by atoms with Crippen molar-refractivity contribution in [3.8, 4) is 0 Å². The van der Waals surface area contributed by atoms with Crippen LogP contribution in [-0.4, -0.2) is 19.8 Å². The van der Waals surface area contributed by atoms with Gasteiger partial charge in [-0.05, 0) is 43.7 Å². The highest BCUT2D eigenvalue weighted by Gasteiger charge is 2.31. The predicted octanol–water partition coefficient (Wildman–Crippen LogP) is 4.40. The van der Waals surface area contributed by atoms with Crippen LogP contribution >= 0.6 is 0 Å². The van der Waals surface area contributed by atoms with Gasteiger partial charge < -0.3 is 0 Å². The number of alkyl halides is 3. The molecule has 0 N–H and O–H groups in total. The molecule has 0 radical (unpaired) electrons. The summed E-state index contributed by atoms with van der Waals surface area (Å²) < 4.78 is 64.3. The van der Waals surface area contributed by atoms with Gasteiger partial charge in [-0.15, -0.1) is 0 Å². The van der Waals surface area contributed by atoms with E-state index in [1.54, 1.807) is 19.1 Å². The molecule has 0 aliphatic rings. The van der Waals surface area contributed by atoms with Gasteiger partial charge in [0.1, 0.15) is 0 Å². The van der Waals surface area contributed by atoms with E-state index in [2.05, 4.69) is 0 Å². The van der Waals surface area contributed by atoms with E-state index >= 15 is 0 Å². The number of rotatable bonds is 4. The molecule has 0 amide bonds. The van der Waals surface area contributed by atoms with E-state index in [1.807, 2.05) is 6.92 Å². The molecule has 0 spiro atoms. The Bertz CT molecular complexity index is 797. The summed E-state index contributed by atoms with van der Waals surface area (Å²) >= 11 is 0. The smallest absolute Gasteiger partial charge is 0.207 e. The molecule has 0 bridgehead atoms. The summed E-state index contributed by atoms with van der Waals surface area (Å²) in [5.41, 5.74) is 0.663. The van der Waals surface area contributed by atoms with E-state index < -0.39 is 27.8 Å². The normalized spacial score (nSPS) is 14.0. The van der Waals surface area contributed by atoms with Crippen molar-refractivity contribution < 1.29 is 21.6 Å². The van der Waals surface area contributed by atoms with Crippen LogP contribution in [0.5, 0.6) is 0 Å². The Balaban J connectivity index is 2.28. The average Bonchev–Trinajstić information content (AvgIpc) is 2.53. The van der Waals surface area contributed by atoms with Crippen LogP contribution in [-0.2, 0) is 16.2 Å². The highest BCUT2D eigenvalue weighted by molar-refractivity contribution is 7.89. The predicted molar refractivity (Wildman–Crippen MR) is 86.0 cm³/mol. The summed E-state index contributed by atoms with van der Waals surface area (Å²) in [6.45, 7) is 3.49. The molecule has 0 aliphatic carbocycles. The number of halogens is 3. The van der Waals surface area contributed by atoms with Gasteiger partial charge >= 0.3 is 6.18 Å². The number of benzene rings is 2. The van der Waals surface area contributed by atoms with Crippen LogP contribution in [0, 0.1) is 6.92 Å². The molecule has 0 fully saturated rings. The first kappa shape index (κ1) is 18.5. The molecule has 0 heterocycles. The Hall–Kier alpha value is -1.86. The molecule has 0 saturated heterocycles. The fourth-order valence-corrected chi connectivity index (χ4v) is 3.60. The lowest BCUT2D eigenvalue weighted by Crippen LogP contribution is -2.29. The number of sulfonamides is 1. The minimum Gasteiger partial charge on any atom is -0.207 e. The van der Waals surface area contributed by atoms with Gasteiger partial charge in [-0.3, -0.25) is 0 Å². The van der Waals surface area contributed by atoms with E-state index in [0.717, 1.165) is 22.0 Å². The fraction of sp³-hybridized carbons (Fsp3) is 0.294. The van der Waals surface area contributed by atoms with Gasteiger partial charge in [-0.1, -0.05) is 29.8 Å². The second-order valence-corrected chi connectivity index (χ2v) is 7.63. The van der Waals surface area contributed by atoms with Crippen LogP contribution in [0.1, 0.15) is 29.7 Å². The van der Waals surface area contributed by atoms with Gasteiger partial charge in [0, 0.05) is 13.1 Å². The van der Waals surface area contributed by atoms with Crippen molar-refractivity contribution in [2.45, 2.75) is 31.0 Å². The van der Waals surface area contributed by atoms with E-state index in [1.165, 1.54) is 31.3 Å². The zero-order valence-electron chi connectivity index (χ0n) is 13.5. The molecule has 3 nitrogen and oxygen atoms in total. The van der Waals surface area contributed by atoms with E-state index in [0.29, 0.717) is 5.56 Å². The first-order chi connectivity index (χ1) is 11.0. The van der Waals surface area contributed by atoms with Crippen molar-refractivity contribution in [1.82, 2.24) is 4.31 Å². The minimum atomic E-state index is -4.42. The second-order valence-electron chi connectivity index (χ2n) is 5.63. The average molecular weight is 357 g/mol. The van der Waals surface area contributed by atoms with Crippen LogP contribution in [0.25, 0.3) is 0 Å². The molecule has 0 saturated carbocycles. The second kappa shape index (κ2) is 6.57. The Morgan fingerprint density at radius 1 is 0.958 bits per heavy atom. The molecule has 2 rings (SSSR count). The van der Waals surface area contributed by atoms with Gasteiger partial charge in [0.2, 0.25) is 10.0 Å². The van der Waals surface area contributed by atoms with Crippen LogP contribution < -0.4 is 0 Å². The van der Waals surface area contributed by atoms with Gasteiger partial charge in [0.15, 0.2) is 0 Å². The Morgan fingerprint density at radius 3 is 1.92 bits per heavy atom. The topological polar surface area (TPSA) is 37.4 Å². The van der Waals surface area contributed by atoms with Crippen LogP contribution in [0.4, 0.5) is 13.2 Å². The zero-order chi connectivity index (χ0) is 18.1. The molecule has 130 valence electrons. The number of hydrogen-bond donors (Lipinski definition) is 0. The first-order valence-electron chi connectivity index (χ1n) is 7.25. The minimum absolute atomic E-state index is 0.148. The molecule has 0 aromatic heterocycles.